The number of hydrogen-bond acceptors (Lipinski definition) is 8. The summed E-state index contributed by atoms with van der Waals surface area (Å²) < 4.78 is 40.7. The van der Waals surface area contributed by atoms with Crippen molar-refractivity contribution in [3.63, 3.8) is 0 Å². The number of halogens is 1. The van der Waals surface area contributed by atoms with Crippen LogP contribution in [0, 0.1) is 5.82 Å². The van der Waals surface area contributed by atoms with E-state index < -0.39 is 22.2 Å². The molecule has 3 heterocycles. The number of nitrogens with zero attached hydrogens (tertiary/aromatic N) is 6. The van der Waals surface area contributed by atoms with Gasteiger partial charge in [-0.05, 0) is 36.6 Å². The molecule has 1 atom stereocenters. The van der Waals surface area contributed by atoms with Gasteiger partial charge in [0.15, 0.2) is 0 Å². The minimum Gasteiger partial charge on any atom is -0.465 e. The van der Waals surface area contributed by atoms with Crippen molar-refractivity contribution in [2.45, 2.75) is 25.3 Å². The molecule has 4 rings (SSSR count). The van der Waals surface area contributed by atoms with Gasteiger partial charge in [-0.1, -0.05) is 12.1 Å². The second kappa shape index (κ2) is 12.0. The van der Waals surface area contributed by atoms with E-state index in [2.05, 4.69) is 25.3 Å². The molecule has 0 radical (unpaired) electrons. The number of aryl methyl sites for hydroxylation is 1. The third kappa shape index (κ3) is 7.40. The molecule has 37 heavy (non-hydrogen) atoms. The fourth-order valence-corrected chi connectivity index (χ4v) is 5.83. The maximum Gasteiger partial charge on any atom is 0.404 e. The number of nitrogens with one attached hydrogen (secondary N) is 1. The van der Waals surface area contributed by atoms with Crippen molar-refractivity contribution in [2.24, 2.45) is 0 Å². The van der Waals surface area contributed by atoms with E-state index in [1.54, 1.807) is 43.0 Å². The molecule has 1 aliphatic rings. The van der Waals surface area contributed by atoms with E-state index in [4.69, 9.17) is 0 Å². The van der Waals surface area contributed by atoms with E-state index in [0.717, 1.165) is 11.1 Å². The summed E-state index contributed by atoms with van der Waals surface area (Å²) in [5.74, 6) is 0.471. The fraction of sp³-hybridized carbons (Fsp3) is 0.375. The van der Waals surface area contributed by atoms with Gasteiger partial charge in [-0.15, -0.1) is 0 Å². The lowest BCUT2D eigenvalue weighted by molar-refractivity contribution is 0.190. The van der Waals surface area contributed by atoms with Gasteiger partial charge in [-0.2, -0.15) is 4.31 Å². The number of carbonyl (C=O) groups is 1. The molecule has 196 valence electrons. The van der Waals surface area contributed by atoms with Crippen LogP contribution in [0.25, 0.3) is 11.1 Å². The molecule has 0 bridgehead atoms. The first-order valence-corrected chi connectivity index (χ1v) is 13.5. The Kier molecular flexibility index (Phi) is 8.56. The average molecular weight is 530 g/mol. The summed E-state index contributed by atoms with van der Waals surface area (Å²) in [4.78, 5) is 30.2. The molecular formula is C24H28FN7O4S. The Morgan fingerprint density at radius 1 is 1.00 bits per heavy atom. The smallest absolute Gasteiger partial charge is 0.404 e. The number of hydrogen-bond donors (Lipinski definition) is 2. The van der Waals surface area contributed by atoms with E-state index in [0.29, 0.717) is 44.1 Å². The normalized spacial score (nSPS) is 15.3. The first kappa shape index (κ1) is 26.4. The highest BCUT2D eigenvalue weighted by molar-refractivity contribution is 7.89. The maximum atomic E-state index is 13.2. The van der Waals surface area contributed by atoms with E-state index >= 15 is 0 Å². The number of sulfonamides is 1. The van der Waals surface area contributed by atoms with Crippen LogP contribution in [0.2, 0.25) is 0 Å². The Hall–Kier alpha value is -3.71. The summed E-state index contributed by atoms with van der Waals surface area (Å²) in [7, 11) is -3.70. The summed E-state index contributed by atoms with van der Waals surface area (Å²) in [6, 6.07) is 7.01. The molecule has 2 aromatic heterocycles. The van der Waals surface area contributed by atoms with Crippen LogP contribution in [-0.2, 0) is 16.4 Å². The highest BCUT2D eigenvalue weighted by atomic mass is 32.2. The Morgan fingerprint density at radius 3 is 2.27 bits per heavy atom. The van der Waals surface area contributed by atoms with Crippen LogP contribution in [0.4, 0.5) is 15.1 Å². The number of carboxylic acid groups (broad SMARTS) is 1. The zero-order valence-electron chi connectivity index (χ0n) is 20.1. The highest BCUT2D eigenvalue weighted by Gasteiger charge is 2.30. The Morgan fingerprint density at radius 2 is 1.65 bits per heavy atom. The van der Waals surface area contributed by atoms with E-state index in [1.165, 1.54) is 16.4 Å². The van der Waals surface area contributed by atoms with Gasteiger partial charge in [0.05, 0.1) is 5.75 Å². The molecule has 1 saturated heterocycles. The summed E-state index contributed by atoms with van der Waals surface area (Å²) in [5, 5.41) is 11.5. The molecule has 13 heteroatoms. The quantitative estimate of drug-likeness (QED) is 0.404. The number of piperazine rings is 1. The average Bonchev–Trinajstić information content (AvgIpc) is 2.89. The zero-order chi connectivity index (χ0) is 26.3. The van der Waals surface area contributed by atoms with Crippen LogP contribution in [-0.4, -0.2) is 81.8 Å². The molecule has 0 saturated carbocycles. The van der Waals surface area contributed by atoms with Crippen LogP contribution in [0.5, 0.6) is 0 Å². The third-order valence-electron chi connectivity index (χ3n) is 6.04. The van der Waals surface area contributed by atoms with Crippen molar-refractivity contribution in [1.82, 2.24) is 29.6 Å². The van der Waals surface area contributed by atoms with Crippen LogP contribution in [0.1, 0.15) is 18.7 Å². The first-order chi connectivity index (χ1) is 17.8. The van der Waals surface area contributed by atoms with E-state index in [-0.39, 0.29) is 24.7 Å². The van der Waals surface area contributed by atoms with Gasteiger partial charge in [0.1, 0.15) is 11.6 Å². The lowest BCUT2D eigenvalue weighted by Gasteiger charge is -2.34. The van der Waals surface area contributed by atoms with Crippen LogP contribution in [0.3, 0.4) is 0 Å². The van der Waals surface area contributed by atoms with Gasteiger partial charge in [-0.25, -0.2) is 37.5 Å². The van der Waals surface area contributed by atoms with Crippen LogP contribution < -0.4 is 10.2 Å². The number of amides is 1. The van der Waals surface area contributed by atoms with Crippen LogP contribution >= 0.6 is 0 Å². The Balaban J connectivity index is 1.31. The van der Waals surface area contributed by atoms with Crippen molar-refractivity contribution in [3.05, 3.63) is 66.8 Å². The Bertz CT molecular complexity index is 1270. The monoisotopic (exact) mass is 529 g/mol. The number of benzene rings is 1. The van der Waals surface area contributed by atoms with E-state index in [9.17, 15) is 22.7 Å². The molecule has 0 unspecified atom stereocenters. The molecule has 3 aromatic rings. The van der Waals surface area contributed by atoms with Gasteiger partial charge in [0.25, 0.3) is 0 Å². The maximum absolute atomic E-state index is 13.2. The van der Waals surface area contributed by atoms with Crippen molar-refractivity contribution in [3.8, 4) is 11.1 Å². The number of aromatic nitrogens is 4. The minimum atomic E-state index is -3.70. The molecule has 11 nitrogen and oxygen atoms in total. The molecule has 0 spiro atoms. The van der Waals surface area contributed by atoms with Gasteiger partial charge < -0.3 is 15.3 Å². The summed E-state index contributed by atoms with van der Waals surface area (Å²) in [6.45, 7) is 1.28. The Labute approximate surface area is 214 Å². The highest BCUT2D eigenvalue weighted by Crippen LogP contribution is 2.20. The fourth-order valence-electron chi connectivity index (χ4n) is 4.14. The molecule has 1 aliphatic heterocycles. The topological polar surface area (TPSA) is 142 Å². The molecule has 1 amide bonds. The second-order valence-corrected chi connectivity index (χ2v) is 10.7. The van der Waals surface area contributed by atoms with Crippen LogP contribution in [0.15, 0.2) is 55.1 Å². The number of rotatable bonds is 10. The SMILES string of the molecule is O=C(O)N[C@@H](CCCc1ncccn1)CS(=O)(=O)N1CCN(c2ncc(-c3ccc(F)cc3)cn2)CC1. The summed E-state index contributed by atoms with van der Waals surface area (Å²) in [6.07, 6.45) is 6.72. The standard InChI is InChI=1S/C24H28FN7O4S/c25-20-7-5-18(6-8-20)19-15-28-23(29-16-19)31-11-13-32(14-12-31)37(35,36)17-21(30-24(33)34)3-1-4-22-26-9-2-10-27-22/h2,5-10,15-16,21,30H,1,3-4,11-14,17H2,(H,33,34)/t21-/m0/s1. The van der Waals surface area contributed by atoms with Crippen molar-refractivity contribution in [1.29, 1.82) is 0 Å². The molecule has 0 aliphatic carbocycles. The summed E-state index contributed by atoms with van der Waals surface area (Å²) >= 11 is 0. The van der Waals surface area contributed by atoms with Gasteiger partial charge >= 0.3 is 6.09 Å². The first-order valence-electron chi connectivity index (χ1n) is 11.9. The predicted molar refractivity (Wildman–Crippen MR) is 135 cm³/mol. The minimum absolute atomic E-state index is 0.239. The third-order valence-corrected chi connectivity index (χ3v) is 8.02. The summed E-state index contributed by atoms with van der Waals surface area (Å²) in [5.41, 5.74) is 1.55. The van der Waals surface area contributed by atoms with Gasteiger partial charge in [0, 0.05) is 69.0 Å². The lowest BCUT2D eigenvalue weighted by Crippen LogP contribution is -2.52. The molecule has 1 fully saturated rings. The predicted octanol–water partition coefficient (Wildman–Crippen LogP) is 2.18. The second-order valence-electron chi connectivity index (χ2n) is 8.65. The molecular weight excluding hydrogens is 501 g/mol. The van der Waals surface area contributed by atoms with E-state index in [1.807, 2.05) is 4.90 Å². The zero-order valence-corrected chi connectivity index (χ0v) is 20.9. The molecule has 1 aromatic carbocycles. The molecule has 2 N–H and O–H groups in total. The van der Waals surface area contributed by atoms with Gasteiger partial charge in [-0.3, -0.25) is 0 Å². The van der Waals surface area contributed by atoms with Crippen molar-refractivity contribution < 1.29 is 22.7 Å². The van der Waals surface area contributed by atoms with Crippen molar-refractivity contribution >= 4 is 22.1 Å². The van der Waals surface area contributed by atoms with Gasteiger partial charge in [0.2, 0.25) is 16.0 Å². The van der Waals surface area contributed by atoms with Crippen molar-refractivity contribution in [2.75, 3.05) is 36.8 Å². The largest absolute Gasteiger partial charge is 0.465 e. The number of anilines is 1. The lowest BCUT2D eigenvalue weighted by atomic mass is 10.1.